The summed E-state index contributed by atoms with van der Waals surface area (Å²) in [7, 11) is 0. The lowest BCUT2D eigenvalue weighted by Gasteiger charge is -2.23. The molecule has 1 aromatic carbocycles. The van der Waals surface area contributed by atoms with E-state index in [0.717, 1.165) is 17.1 Å². The molecule has 17 heavy (non-hydrogen) atoms. The zero-order valence-electron chi connectivity index (χ0n) is 10.4. The van der Waals surface area contributed by atoms with Gasteiger partial charge >= 0.3 is 0 Å². The molecule has 0 N–H and O–H groups in total. The first-order valence-electron chi connectivity index (χ1n) is 6.71. The number of nitrogens with zero attached hydrogens (tertiary/aromatic N) is 1. The largest absolute Gasteiger partial charge is 0.253 e. The summed E-state index contributed by atoms with van der Waals surface area (Å²) in [6.45, 7) is 2.11. The van der Waals surface area contributed by atoms with Gasteiger partial charge < -0.3 is 0 Å². The van der Waals surface area contributed by atoms with E-state index in [1.165, 1.54) is 43.1 Å². The van der Waals surface area contributed by atoms with Gasteiger partial charge in [0.15, 0.2) is 0 Å². The fourth-order valence-electron chi connectivity index (χ4n) is 3.09. The highest BCUT2D eigenvalue weighted by Crippen LogP contribution is 2.36. The number of rotatable bonds is 1. The van der Waals surface area contributed by atoms with Crippen LogP contribution in [0.4, 0.5) is 0 Å². The second-order valence-corrected chi connectivity index (χ2v) is 5.20. The van der Waals surface area contributed by atoms with Crippen molar-refractivity contribution in [3.05, 3.63) is 41.6 Å². The molecule has 0 atom stereocenters. The number of aryl methyl sites for hydroxylation is 1. The van der Waals surface area contributed by atoms with E-state index in [-0.39, 0.29) is 0 Å². The summed E-state index contributed by atoms with van der Waals surface area (Å²) in [5.74, 6) is 0.760. The number of benzene rings is 1. The number of aromatic nitrogens is 1. The molecule has 1 nitrogen and oxygen atoms in total. The number of fused-ring (bicyclic) bond motifs is 1. The highest BCUT2D eigenvalue weighted by molar-refractivity contribution is 5.82. The van der Waals surface area contributed by atoms with Crippen molar-refractivity contribution in [1.82, 2.24) is 4.98 Å². The van der Waals surface area contributed by atoms with Crippen LogP contribution in [0.15, 0.2) is 30.3 Å². The van der Waals surface area contributed by atoms with Crippen molar-refractivity contribution in [3.8, 4) is 0 Å². The molecule has 1 aliphatic rings. The van der Waals surface area contributed by atoms with Gasteiger partial charge in [-0.2, -0.15) is 0 Å². The first kappa shape index (κ1) is 10.8. The van der Waals surface area contributed by atoms with Gasteiger partial charge in [-0.05, 0) is 43.4 Å². The van der Waals surface area contributed by atoms with E-state index in [1.54, 1.807) is 0 Å². The Labute approximate surface area is 103 Å². The number of pyridine rings is 1. The quantitative estimate of drug-likeness (QED) is 0.691. The molecular weight excluding hydrogens is 206 g/mol. The first-order valence-corrected chi connectivity index (χ1v) is 6.71. The maximum absolute atomic E-state index is 4.63. The number of hydrogen-bond donors (Lipinski definition) is 0. The van der Waals surface area contributed by atoms with Crippen LogP contribution in [0.3, 0.4) is 0 Å². The standard InChI is InChI=1S/C16H19N/c1-12-11-15(13-7-3-2-4-8-13)14-9-5-6-10-16(14)17-12/h5-6,9-11,13H,2-4,7-8H2,1H3. The molecule has 1 aliphatic carbocycles. The lowest BCUT2D eigenvalue weighted by atomic mass is 9.82. The molecule has 0 radical (unpaired) electrons. The van der Waals surface area contributed by atoms with Gasteiger partial charge in [-0.1, -0.05) is 37.5 Å². The van der Waals surface area contributed by atoms with Crippen LogP contribution < -0.4 is 0 Å². The summed E-state index contributed by atoms with van der Waals surface area (Å²) in [6.07, 6.45) is 6.90. The molecule has 1 fully saturated rings. The molecule has 1 aromatic heterocycles. The van der Waals surface area contributed by atoms with Crippen molar-refractivity contribution in [1.29, 1.82) is 0 Å². The average molecular weight is 225 g/mol. The van der Waals surface area contributed by atoms with Gasteiger partial charge in [-0.25, -0.2) is 0 Å². The normalized spacial score (nSPS) is 17.5. The third-order valence-electron chi connectivity index (χ3n) is 3.92. The Kier molecular flexibility index (Phi) is 2.84. The molecule has 0 bridgehead atoms. The Morgan fingerprint density at radius 2 is 1.82 bits per heavy atom. The minimum atomic E-state index is 0.760. The smallest absolute Gasteiger partial charge is 0.0708 e. The Bertz CT molecular complexity index is 524. The molecule has 0 saturated heterocycles. The second kappa shape index (κ2) is 4.48. The van der Waals surface area contributed by atoms with E-state index >= 15 is 0 Å². The Morgan fingerprint density at radius 3 is 2.65 bits per heavy atom. The van der Waals surface area contributed by atoms with Gasteiger partial charge in [0.2, 0.25) is 0 Å². The summed E-state index contributed by atoms with van der Waals surface area (Å²) >= 11 is 0. The van der Waals surface area contributed by atoms with Crippen LogP contribution in [0, 0.1) is 6.92 Å². The molecule has 0 aliphatic heterocycles. The Hall–Kier alpha value is -1.37. The van der Waals surface area contributed by atoms with Gasteiger partial charge in [0.25, 0.3) is 0 Å². The molecule has 0 unspecified atom stereocenters. The molecule has 1 saturated carbocycles. The third-order valence-corrected chi connectivity index (χ3v) is 3.92. The van der Waals surface area contributed by atoms with Crippen molar-refractivity contribution >= 4 is 10.9 Å². The molecule has 3 rings (SSSR count). The SMILES string of the molecule is Cc1cc(C2CCCCC2)c2ccccc2n1. The highest BCUT2D eigenvalue weighted by Gasteiger charge is 2.18. The highest BCUT2D eigenvalue weighted by atomic mass is 14.7. The number of para-hydroxylation sites is 1. The van der Waals surface area contributed by atoms with Crippen molar-refractivity contribution in [2.24, 2.45) is 0 Å². The zero-order chi connectivity index (χ0) is 11.7. The monoisotopic (exact) mass is 225 g/mol. The van der Waals surface area contributed by atoms with Gasteiger partial charge in [-0.3, -0.25) is 4.98 Å². The molecule has 1 heterocycles. The van der Waals surface area contributed by atoms with Gasteiger partial charge in [0.05, 0.1) is 5.52 Å². The fraction of sp³-hybridized carbons (Fsp3) is 0.438. The maximum atomic E-state index is 4.63. The summed E-state index contributed by atoms with van der Waals surface area (Å²) < 4.78 is 0. The van der Waals surface area contributed by atoms with Gasteiger partial charge in [-0.15, -0.1) is 0 Å². The minimum Gasteiger partial charge on any atom is -0.253 e. The predicted octanol–water partition coefficient (Wildman–Crippen LogP) is 4.59. The minimum absolute atomic E-state index is 0.760. The summed E-state index contributed by atoms with van der Waals surface area (Å²) in [6, 6.07) is 10.9. The third kappa shape index (κ3) is 2.06. The topological polar surface area (TPSA) is 12.9 Å². The average Bonchev–Trinajstić information content (AvgIpc) is 2.39. The van der Waals surface area contributed by atoms with E-state index < -0.39 is 0 Å². The van der Waals surface area contributed by atoms with Crippen molar-refractivity contribution in [2.45, 2.75) is 44.9 Å². The maximum Gasteiger partial charge on any atom is 0.0708 e. The van der Waals surface area contributed by atoms with Gasteiger partial charge in [0.1, 0.15) is 0 Å². The molecule has 88 valence electrons. The van der Waals surface area contributed by atoms with Crippen molar-refractivity contribution in [3.63, 3.8) is 0 Å². The zero-order valence-corrected chi connectivity index (χ0v) is 10.4. The number of hydrogen-bond acceptors (Lipinski definition) is 1. The summed E-state index contributed by atoms with van der Waals surface area (Å²) in [5.41, 5.74) is 3.85. The van der Waals surface area contributed by atoms with Crippen LogP contribution in [-0.4, -0.2) is 4.98 Å². The lowest BCUT2D eigenvalue weighted by Crippen LogP contribution is -2.06. The van der Waals surface area contributed by atoms with Crippen LogP contribution >= 0.6 is 0 Å². The fourth-order valence-corrected chi connectivity index (χ4v) is 3.09. The van der Waals surface area contributed by atoms with Crippen LogP contribution in [0.2, 0.25) is 0 Å². The van der Waals surface area contributed by atoms with Crippen molar-refractivity contribution < 1.29 is 0 Å². The van der Waals surface area contributed by atoms with E-state index in [0.29, 0.717) is 0 Å². The van der Waals surface area contributed by atoms with E-state index in [9.17, 15) is 0 Å². The molecular formula is C16H19N. The lowest BCUT2D eigenvalue weighted by molar-refractivity contribution is 0.445. The summed E-state index contributed by atoms with van der Waals surface area (Å²) in [4.78, 5) is 4.63. The molecule has 2 aromatic rings. The van der Waals surface area contributed by atoms with E-state index in [4.69, 9.17) is 0 Å². The predicted molar refractivity (Wildman–Crippen MR) is 72.3 cm³/mol. The summed E-state index contributed by atoms with van der Waals surface area (Å²) in [5, 5.41) is 1.37. The molecule has 1 heteroatoms. The first-order chi connectivity index (χ1) is 8.34. The Balaban J connectivity index is 2.13. The molecule has 0 spiro atoms. The molecule has 0 amide bonds. The van der Waals surface area contributed by atoms with E-state index in [2.05, 4.69) is 42.2 Å². The van der Waals surface area contributed by atoms with Crippen LogP contribution in [0.25, 0.3) is 10.9 Å². The second-order valence-electron chi connectivity index (χ2n) is 5.20. The van der Waals surface area contributed by atoms with Crippen LogP contribution in [0.5, 0.6) is 0 Å². The van der Waals surface area contributed by atoms with Gasteiger partial charge in [0, 0.05) is 11.1 Å². The van der Waals surface area contributed by atoms with E-state index in [1.807, 2.05) is 0 Å². The van der Waals surface area contributed by atoms with Crippen LogP contribution in [0.1, 0.15) is 49.3 Å². The van der Waals surface area contributed by atoms with Crippen LogP contribution in [-0.2, 0) is 0 Å². The van der Waals surface area contributed by atoms with Crippen molar-refractivity contribution in [2.75, 3.05) is 0 Å². The Morgan fingerprint density at radius 1 is 1.06 bits per heavy atom.